The van der Waals surface area contributed by atoms with Gasteiger partial charge in [-0.3, -0.25) is 4.21 Å². The highest BCUT2D eigenvalue weighted by atomic mass is 32.2. The number of hydrogen-bond acceptors (Lipinski definition) is 2. The van der Waals surface area contributed by atoms with Crippen LogP contribution in [0.1, 0.15) is 19.8 Å². The lowest BCUT2D eigenvalue weighted by Gasteiger charge is -2.02. The van der Waals surface area contributed by atoms with E-state index in [1.165, 1.54) is 12.8 Å². The molecule has 0 radical (unpaired) electrons. The molecule has 1 rings (SSSR count). The third kappa shape index (κ3) is 3.32. The maximum atomic E-state index is 11.1. The van der Waals surface area contributed by atoms with Gasteiger partial charge in [0.2, 0.25) is 0 Å². The zero-order valence-electron chi connectivity index (χ0n) is 6.38. The minimum absolute atomic E-state index is 0.0968. The average molecular weight is 161 g/mol. The van der Waals surface area contributed by atoms with E-state index >= 15 is 0 Å². The van der Waals surface area contributed by atoms with Gasteiger partial charge >= 0.3 is 0 Å². The van der Waals surface area contributed by atoms with E-state index in [0.29, 0.717) is 5.75 Å². The van der Waals surface area contributed by atoms with Crippen LogP contribution in [0.5, 0.6) is 0 Å². The summed E-state index contributed by atoms with van der Waals surface area (Å²) in [6, 6.07) is 0.0968. The van der Waals surface area contributed by atoms with Crippen LogP contribution in [0.25, 0.3) is 0 Å². The number of nitrogens with two attached hydrogens (primary N) is 1. The Kier molecular flexibility index (Phi) is 2.86. The molecule has 1 saturated carbocycles. The second-order valence-electron chi connectivity index (χ2n) is 3.19. The largest absolute Gasteiger partial charge is 0.327 e. The molecule has 0 amide bonds. The van der Waals surface area contributed by atoms with E-state index in [0.717, 1.165) is 11.7 Å². The summed E-state index contributed by atoms with van der Waals surface area (Å²) in [6.45, 7) is 1.91. The van der Waals surface area contributed by atoms with Crippen LogP contribution < -0.4 is 5.73 Å². The average Bonchev–Trinajstić information content (AvgIpc) is 2.46. The van der Waals surface area contributed by atoms with Crippen LogP contribution in [-0.4, -0.2) is 21.8 Å². The fourth-order valence-electron chi connectivity index (χ4n) is 0.909. The Morgan fingerprint density at radius 1 is 1.70 bits per heavy atom. The van der Waals surface area contributed by atoms with Gasteiger partial charge in [-0.2, -0.15) is 0 Å². The topological polar surface area (TPSA) is 43.1 Å². The van der Waals surface area contributed by atoms with Crippen LogP contribution in [0.4, 0.5) is 0 Å². The summed E-state index contributed by atoms with van der Waals surface area (Å²) in [6.07, 6.45) is 2.56. The molecule has 0 aromatic carbocycles. The molecule has 1 aliphatic carbocycles. The van der Waals surface area contributed by atoms with E-state index in [9.17, 15) is 4.21 Å². The zero-order chi connectivity index (χ0) is 7.56. The van der Waals surface area contributed by atoms with Crippen molar-refractivity contribution >= 4 is 10.8 Å². The lowest BCUT2D eigenvalue weighted by atomic mass is 10.4. The molecule has 0 heterocycles. The Hall–Kier alpha value is 0.110. The molecule has 0 spiro atoms. The molecule has 1 aliphatic rings. The van der Waals surface area contributed by atoms with Crippen LogP contribution in [-0.2, 0) is 10.8 Å². The molecule has 0 aromatic rings. The third-order valence-corrected chi connectivity index (χ3v) is 3.31. The lowest BCUT2D eigenvalue weighted by Crippen LogP contribution is -2.24. The number of hydrogen-bond donors (Lipinski definition) is 1. The van der Waals surface area contributed by atoms with E-state index in [-0.39, 0.29) is 6.04 Å². The molecule has 2 atom stereocenters. The van der Waals surface area contributed by atoms with Gasteiger partial charge in [-0.25, -0.2) is 0 Å². The van der Waals surface area contributed by atoms with E-state index < -0.39 is 10.8 Å². The maximum Gasteiger partial charge on any atom is 0.0384 e. The molecule has 0 aliphatic heterocycles. The highest BCUT2D eigenvalue weighted by Crippen LogP contribution is 2.29. The standard InChI is InChI=1S/C7H15NOS/c1-6(8)4-10(9)5-7-2-3-7/h6-7H,2-5,8H2,1H3. The summed E-state index contributed by atoms with van der Waals surface area (Å²) in [5.41, 5.74) is 5.50. The van der Waals surface area contributed by atoms with Crippen molar-refractivity contribution in [3.8, 4) is 0 Å². The molecular formula is C7H15NOS. The predicted octanol–water partition coefficient (Wildman–Crippen LogP) is 0.492. The van der Waals surface area contributed by atoms with Gasteiger partial charge in [0.25, 0.3) is 0 Å². The minimum Gasteiger partial charge on any atom is -0.327 e. The van der Waals surface area contributed by atoms with Gasteiger partial charge in [0.05, 0.1) is 0 Å². The minimum atomic E-state index is -0.643. The van der Waals surface area contributed by atoms with Crippen LogP contribution in [0.3, 0.4) is 0 Å². The third-order valence-electron chi connectivity index (χ3n) is 1.57. The Labute approximate surface area is 64.6 Å². The Bertz CT molecular complexity index is 126. The van der Waals surface area contributed by atoms with Crippen molar-refractivity contribution in [3.63, 3.8) is 0 Å². The van der Waals surface area contributed by atoms with Gasteiger partial charge in [0.1, 0.15) is 0 Å². The van der Waals surface area contributed by atoms with Gasteiger partial charge in [-0.15, -0.1) is 0 Å². The molecule has 2 unspecified atom stereocenters. The summed E-state index contributed by atoms with van der Waals surface area (Å²) >= 11 is 0. The van der Waals surface area contributed by atoms with Crippen LogP contribution >= 0.6 is 0 Å². The van der Waals surface area contributed by atoms with E-state index in [4.69, 9.17) is 5.73 Å². The van der Waals surface area contributed by atoms with Gasteiger partial charge in [-0.05, 0) is 25.7 Å². The molecule has 0 saturated heterocycles. The van der Waals surface area contributed by atoms with Gasteiger partial charge in [0.15, 0.2) is 0 Å². The maximum absolute atomic E-state index is 11.1. The second kappa shape index (κ2) is 3.49. The van der Waals surface area contributed by atoms with Crippen molar-refractivity contribution < 1.29 is 4.21 Å². The smallest absolute Gasteiger partial charge is 0.0384 e. The fourth-order valence-corrected chi connectivity index (χ4v) is 2.49. The quantitative estimate of drug-likeness (QED) is 0.652. The van der Waals surface area contributed by atoms with Gasteiger partial charge in [-0.1, -0.05) is 0 Å². The van der Waals surface area contributed by atoms with E-state index in [1.807, 2.05) is 6.92 Å². The monoisotopic (exact) mass is 161 g/mol. The molecular weight excluding hydrogens is 146 g/mol. The highest BCUT2D eigenvalue weighted by Gasteiger charge is 2.23. The highest BCUT2D eigenvalue weighted by molar-refractivity contribution is 7.85. The SMILES string of the molecule is CC(N)CS(=O)CC1CC1. The predicted molar refractivity (Wildman–Crippen MR) is 44.2 cm³/mol. The van der Waals surface area contributed by atoms with Crippen molar-refractivity contribution in [1.82, 2.24) is 0 Å². The molecule has 2 nitrogen and oxygen atoms in total. The first-order chi connectivity index (χ1) is 4.68. The van der Waals surface area contributed by atoms with E-state index in [1.54, 1.807) is 0 Å². The second-order valence-corrected chi connectivity index (χ2v) is 4.74. The van der Waals surface area contributed by atoms with Crippen molar-refractivity contribution in [2.75, 3.05) is 11.5 Å². The first-order valence-electron chi connectivity index (χ1n) is 3.79. The van der Waals surface area contributed by atoms with Gasteiger partial charge < -0.3 is 5.73 Å². The molecule has 3 heteroatoms. The van der Waals surface area contributed by atoms with E-state index in [2.05, 4.69) is 0 Å². The Balaban J connectivity index is 2.08. The Morgan fingerprint density at radius 2 is 2.30 bits per heavy atom. The molecule has 10 heavy (non-hydrogen) atoms. The van der Waals surface area contributed by atoms with Gasteiger partial charge in [0, 0.05) is 28.3 Å². The molecule has 0 bridgehead atoms. The van der Waals surface area contributed by atoms with Crippen molar-refractivity contribution in [2.45, 2.75) is 25.8 Å². The molecule has 1 fully saturated rings. The summed E-state index contributed by atoms with van der Waals surface area (Å²) in [7, 11) is -0.643. The normalized spacial score (nSPS) is 24.2. The molecule has 60 valence electrons. The first-order valence-corrected chi connectivity index (χ1v) is 5.28. The van der Waals surface area contributed by atoms with Crippen LogP contribution in [0, 0.1) is 5.92 Å². The molecule has 2 N–H and O–H groups in total. The first kappa shape index (κ1) is 8.21. The lowest BCUT2D eigenvalue weighted by molar-refractivity contribution is 0.673. The number of rotatable bonds is 4. The summed E-state index contributed by atoms with van der Waals surface area (Å²) < 4.78 is 11.1. The van der Waals surface area contributed by atoms with Crippen LogP contribution in [0.15, 0.2) is 0 Å². The van der Waals surface area contributed by atoms with Crippen molar-refractivity contribution in [2.24, 2.45) is 11.7 Å². The van der Waals surface area contributed by atoms with Crippen molar-refractivity contribution in [1.29, 1.82) is 0 Å². The zero-order valence-corrected chi connectivity index (χ0v) is 7.19. The van der Waals surface area contributed by atoms with Crippen LogP contribution in [0.2, 0.25) is 0 Å². The fraction of sp³-hybridized carbons (Fsp3) is 1.00. The summed E-state index contributed by atoms with van der Waals surface area (Å²) in [5.74, 6) is 2.33. The summed E-state index contributed by atoms with van der Waals surface area (Å²) in [4.78, 5) is 0. The Morgan fingerprint density at radius 3 is 2.70 bits per heavy atom. The molecule has 0 aromatic heterocycles. The summed E-state index contributed by atoms with van der Waals surface area (Å²) in [5, 5.41) is 0. The van der Waals surface area contributed by atoms with Crippen molar-refractivity contribution in [3.05, 3.63) is 0 Å².